The molecular weight excluding hydrogens is 344 g/mol. The summed E-state index contributed by atoms with van der Waals surface area (Å²) in [7, 11) is 5.86. The Morgan fingerprint density at radius 3 is 2.41 bits per heavy atom. The molecule has 2 aliphatic heterocycles. The first kappa shape index (κ1) is 19.8. The zero-order valence-corrected chi connectivity index (χ0v) is 17.2. The van der Waals surface area contributed by atoms with E-state index in [1.165, 1.54) is 16.2 Å². The molecule has 0 N–H and O–H groups in total. The Bertz CT molecular complexity index is 705. The second kappa shape index (κ2) is 7.59. The lowest BCUT2D eigenvalue weighted by molar-refractivity contribution is -0.135. The number of aromatic nitrogens is 2. The second-order valence-electron chi connectivity index (χ2n) is 7.97. The molecule has 0 unspecified atom stereocenters. The summed E-state index contributed by atoms with van der Waals surface area (Å²) in [6.07, 6.45) is 3.32. The van der Waals surface area contributed by atoms with Crippen LogP contribution in [0.5, 0.6) is 0 Å². The van der Waals surface area contributed by atoms with E-state index in [-0.39, 0.29) is 11.9 Å². The summed E-state index contributed by atoms with van der Waals surface area (Å²) in [6, 6.07) is -0.124. The summed E-state index contributed by atoms with van der Waals surface area (Å²) in [5, 5.41) is 4.32. The SMILES string of the molecule is CCN1C(=O)N(CCN(C)C)C(=O)C12CCN(Cc1cnn(C)c1C)CC2. The number of urea groups is 1. The molecule has 3 heterocycles. The van der Waals surface area contributed by atoms with Crippen molar-refractivity contribution in [3.05, 3.63) is 17.5 Å². The van der Waals surface area contributed by atoms with Gasteiger partial charge in [0.15, 0.2) is 0 Å². The van der Waals surface area contributed by atoms with Crippen molar-refractivity contribution in [1.29, 1.82) is 0 Å². The summed E-state index contributed by atoms with van der Waals surface area (Å²) in [4.78, 5) is 33.7. The van der Waals surface area contributed by atoms with Gasteiger partial charge in [-0.2, -0.15) is 5.10 Å². The maximum absolute atomic E-state index is 13.2. The monoisotopic (exact) mass is 376 g/mol. The minimum Gasteiger partial charge on any atom is -0.310 e. The first-order valence-corrected chi connectivity index (χ1v) is 9.78. The van der Waals surface area contributed by atoms with Crippen LogP contribution in [0.1, 0.15) is 31.0 Å². The van der Waals surface area contributed by atoms with Crippen LogP contribution in [-0.2, 0) is 18.4 Å². The van der Waals surface area contributed by atoms with E-state index in [0.29, 0.717) is 32.5 Å². The van der Waals surface area contributed by atoms with Gasteiger partial charge in [0.05, 0.1) is 6.20 Å². The molecule has 0 atom stereocenters. The van der Waals surface area contributed by atoms with Crippen molar-refractivity contribution in [2.24, 2.45) is 7.05 Å². The zero-order valence-electron chi connectivity index (χ0n) is 17.2. The maximum atomic E-state index is 13.2. The third-order valence-corrected chi connectivity index (χ3v) is 6.12. The van der Waals surface area contributed by atoms with Crippen LogP contribution in [0.4, 0.5) is 4.79 Å². The highest BCUT2D eigenvalue weighted by Crippen LogP contribution is 2.37. The maximum Gasteiger partial charge on any atom is 0.327 e. The number of hydrogen-bond acceptors (Lipinski definition) is 5. The molecule has 0 bridgehead atoms. The highest BCUT2D eigenvalue weighted by atomic mass is 16.2. The predicted molar refractivity (Wildman–Crippen MR) is 103 cm³/mol. The highest BCUT2D eigenvalue weighted by molar-refractivity contribution is 6.07. The average molecular weight is 377 g/mol. The molecule has 2 saturated heterocycles. The summed E-state index contributed by atoms with van der Waals surface area (Å²) in [5.74, 6) is -0.00610. The van der Waals surface area contributed by atoms with E-state index >= 15 is 0 Å². The van der Waals surface area contributed by atoms with Crippen molar-refractivity contribution >= 4 is 11.9 Å². The largest absolute Gasteiger partial charge is 0.327 e. The first-order valence-electron chi connectivity index (χ1n) is 9.78. The number of likely N-dealkylation sites (N-methyl/N-ethyl adjacent to an activating group) is 2. The molecule has 3 amide bonds. The molecule has 1 spiro atoms. The van der Waals surface area contributed by atoms with Crippen LogP contribution in [0.3, 0.4) is 0 Å². The molecule has 2 aliphatic rings. The number of imide groups is 1. The van der Waals surface area contributed by atoms with E-state index < -0.39 is 5.54 Å². The van der Waals surface area contributed by atoms with Gasteiger partial charge in [0.1, 0.15) is 5.54 Å². The fraction of sp³-hybridized carbons (Fsp3) is 0.737. The number of likely N-dealkylation sites (tertiary alicyclic amines) is 1. The first-order chi connectivity index (χ1) is 12.8. The summed E-state index contributed by atoms with van der Waals surface area (Å²) < 4.78 is 1.89. The fourth-order valence-electron chi connectivity index (χ4n) is 4.22. The van der Waals surface area contributed by atoms with E-state index in [9.17, 15) is 9.59 Å². The van der Waals surface area contributed by atoms with Gasteiger partial charge in [0.25, 0.3) is 5.91 Å². The lowest BCUT2D eigenvalue weighted by Crippen LogP contribution is -2.56. The Labute approximate surface area is 161 Å². The fourth-order valence-corrected chi connectivity index (χ4v) is 4.22. The van der Waals surface area contributed by atoms with E-state index in [1.54, 1.807) is 4.90 Å². The molecule has 27 heavy (non-hydrogen) atoms. The Morgan fingerprint density at radius 1 is 1.22 bits per heavy atom. The zero-order chi connectivity index (χ0) is 19.8. The molecule has 3 rings (SSSR count). The molecule has 1 aromatic heterocycles. The lowest BCUT2D eigenvalue weighted by atomic mass is 9.85. The van der Waals surface area contributed by atoms with Crippen LogP contribution >= 0.6 is 0 Å². The lowest BCUT2D eigenvalue weighted by Gasteiger charge is -2.41. The van der Waals surface area contributed by atoms with Crippen LogP contribution in [-0.4, -0.2) is 93.7 Å². The van der Waals surface area contributed by atoms with Gasteiger partial charge in [-0.3, -0.25) is 19.3 Å². The Morgan fingerprint density at radius 2 is 1.89 bits per heavy atom. The van der Waals surface area contributed by atoms with Crippen molar-refractivity contribution in [3.63, 3.8) is 0 Å². The number of piperidine rings is 1. The van der Waals surface area contributed by atoms with Crippen molar-refractivity contribution in [2.45, 2.75) is 38.8 Å². The standard InChI is InChI=1S/C19H32N6O2/c1-6-25-18(27)24(12-11-21(3)4)17(26)19(25)7-9-23(10-8-19)14-16-13-20-22(5)15(16)2/h13H,6-12,14H2,1-5H3. The smallest absolute Gasteiger partial charge is 0.310 e. The van der Waals surface area contributed by atoms with Crippen LogP contribution in [0, 0.1) is 6.92 Å². The minimum atomic E-state index is -0.654. The van der Waals surface area contributed by atoms with Crippen molar-refractivity contribution in [2.75, 3.05) is 46.8 Å². The second-order valence-corrected chi connectivity index (χ2v) is 7.97. The number of aryl methyl sites for hydroxylation is 1. The van der Waals surface area contributed by atoms with Gasteiger partial charge < -0.3 is 9.80 Å². The van der Waals surface area contributed by atoms with Crippen molar-refractivity contribution in [1.82, 2.24) is 29.4 Å². The third-order valence-electron chi connectivity index (χ3n) is 6.12. The number of rotatable bonds is 6. The Hall–Kier alpha value is -1.93. The highest BCUT2D eigenvalue weighted by Gasteiger charge is 2.57. The number of nitrogens with zero attached hydrogens (tertiary/aromatic N) is 6. The number of hydrogen-bond donors (Lipinski definition) is 0. The number of amides is 3. The predicted octanol–water partition coefficient (Wildman–Crippen LogP) is 0.909. The van der Waals surface area contributed by atoms with Crippen molar-refractivity contribution < 1.29 is 9.59 Å². The van der Waals surface area contributed by atoms with Gasteiger partial charge in [-0.05, 0) is 40.8 Å². The molecule has 2 fully saturated rings. The van der Waals surface area contributed by atoms with Gasteiger partial charge >= 0.3 is 6.03 Å². The topological polar surface area (TPSA) is 64.9 Å². The number of carbonyl (C=O) groups excluding carboxylic acids is 2. The van der Waals surface area contributed by atoms with E-state index in [4.69, 9.17) is 0 Å². The van der Waals surface area contributed by atoms with Gasteiger partial charge in [0.2, 0.25) is 0 Å². The number of carbonyl (C=O) groups is 2. The normalized spacial score (nSPS) is 20.5. The van der Waals surface area contributed by atoms with Crippen LogP contribution in [0.25, 0.3) is 0 Å². The third kappa shape index (κ3) is 3.48. The molecule has 0 radical (unpaired) electrons. The molecule has 150 valence electrons. The van der Waals surface area contributed by atoms with Crippen LogP contribution in [0.15, 0.2) is 6.20 Å². The molecular formula is C19H32N6O2. The van der Waals surface area contributed by atoms with Gasteiger partial charge in [-0.1, -0.05) is 0 Å². The van der Waals surface area contributed by atoms with E-state index in [2.05, 4.69) is 16.9 Å². The molecule has 1 aromatic rings. The van der Waals surface area contributed by atoms with Gasteiger partial charge in [-0.25, -0.2) is 4.79 Å². The van der Waals surface area contributed by atoms with Gasteiger partial charge in [0, 0.05) is 57.6 Å². The van der Waals surface area contributed by atoms with Crippen LogP contribution in [0.2, 0.25) is 0 Å². The molecule has 0 aromatic carbocycles. The van der Waals surface area contributed by atoms with Crippen LogP contribution < -0.4 is 0 Å². The van der Waals surface area contributed by atoms with E-state index in [1.807, 2.05) is 43.8 Å². The average Bonchev–Trinajstić information content (AvgIpc) is 3.04. The summed E-state index contributed by atoms with van der Waals surface area (Å²) in [5.41, 5.74) is 1.74. The Kier molecular flexibility index (Phi) is 5.58. The van der Waals surface area contributed by atoms with E-state index in [0.717, 1.165) is 19.6 Å². The molecule has 8 nitrogen and oxygen atoms in total. The minimum absolute atomic E-state index is 0.00610. The summed E-state index contributed by atoms with van der Waals surface area (Å²) in [6.45, 7) is 8.23. The molecule has 0 aliphatic carbocycles. The quantitative estimate of drug-likeness (QED) is 0.691. The molecule has 0 saturated carbocycles. The summed E-state index contributed by atoms with van der Waals surface area (Å²) >= 11 is 0. The van der Waals surface area contributed by atoms with Gasteiger partial charge in [-0.15, -0.1) is 0 Å². The Balaban J connectivity index is 1.70. The van der Waals surface area contributed by atoms with Crippen molar-refractivity contribution in [3.8, 4) is 0 Å². The molecule has 8 heteroatoms.